The first-order valence-corrected chi connectivity index (χ1v) is 5.29. The summed E-state index contributed by atoms with van der Waals surface area (Å²) in [5, 5.41) is 13.0. The van der Waals surface area contributed by atoms with Crippen LogP contribution in [0.3, 0.4) is 0 Å². The number of nitrogens with zero attached hydrogens (tertiary/aromatic N) is 1. The van der Waals surface area contributed by atoms with Crippen LogP contribution in [0.25, 0.3) is 0 Å². The van der Waals surface area contributed by atoms with Crippen LogP contribution in [0.4, 0.5) is 0 Å². The molecule has 0 spiro atoms. The first-order valence-electron chi connectivity index (χ1n) is 5.29. The molecule has 3 nitrogen and oxygen atoms in total. The van der Waals surface area contributed by atoms with Crippen LogP contribution in [0.2, 0.25) is 0 Å². The molecule has 2 atom stereocenters. The lowest BCUT2D eigenvalue weighted by Gasteiger charge is -2.19. The summed E-state index contributed by atoms with van der Waals surface area (Å²) in [6, 6.07) is 6.03. The summed E-state index contributed by atoms with van der Waals surface area (Å²) in [6.45, 7) is 4.13. The average molecular weight is 204 g/mol. The number of benzene rings is 1. The van der Waals surface area contributed by atoms with E-state index in [0.29, 0.717) is 5.75 Å². The Balaban J connectivity index is 2.33. The Bertz CT molecular complexity index is 387. The van der Waals surface area contributed by atoms with Crippen molar-refractivity contribution < 1.29 is 5.11 Å². The zero-order valence-electron chi connectivity index (χ0n) is 9.07. The fraction of sp³-hybridized carbons (Fsp3) is 0.417. The van der Waals surface area contributed by atoms with Crippen molar-refractivity contribution in [3.05, 3.63) is 29.3 Å². The molecule has 0 radical (unpaired) electrons. The highest BCUT2D eigenvalue weighted by atomic mass is 16.3. The predicted molar refractivity (Wildman–Crippen MR) is 61.3 cm³/mol. The highest BCUT2D eigenvalue weighted by Gasteiger charge is 2.26. The molecule has 2 N–H and O–H groups in total. The van der Waals surface area contributed by atoms with E-state index in [-0.39, 0.29) is 12.1 Å². The highest BCUT2D eigenvalue weighted by Crippen LogP contribution is 2.31. The smallest absolute Gasteiger partial charge is 0.120 e. The van der Waals surface area contributed by atoms with Gasteiger partial charge in [-0.15, -0.1) is 0 Å². The molecule has 0 fully saturated rings. The monoisotopic (exact) mass is 204 g/mol. The Hall–Kier alpha value is -1.51. The normalized spacial score (nSPS) is 24.1. The third-order valence-electron chi connectivity index (χ3n) is 2.84. The molecule has 0 bridgehead atoms. The molecule has 1 aliphatic heterocycles. The van der Waals surface area contributed by atoms with Crippen molar-refractivity contribution in [2.75, 3.05) is 0 Å². The second kappa shape index (κ2) is 3.93. The molecular formula is C12H16N2O. The lowest BCUT2D eigenvalue weighted by atomic mass is 9.96. The maximum Gasteiger partial charge on any atom is 0.120 e. The number of rotatable bonds is 2. The van der Waals surface area contributed by atoms with E-state index in [0.717, 1.165) is 17.5 Å². The van der Waals surface area contributed by atoms with Gasteiger partial charge in [-0.3, -0.25) is 4.99 Å². The van der Waals surface area contributed by atoms with E-state index in [1.54, 1.807) is 12.4 Å². The molecule has 2 rings (SSSR count). The summed E-state index contributed by atoms with van der Waals surface area (Å²) >= 11 is 0. The number of aryl methyl sites for hydroxylation is 1. The molecule has 0 aromatic heterocycles. The van der Waals surface area contributed by atoms with Gasteiger partial charge >= 0.3 is 0 Å². The molecule has 0 amide bonds. The van der Waals surface area contributed by atoms with Crippen molar-refractivity contribution in [2.45, 2.75) is 32.4 Å². The van der Waals surface area contributed by atoms with E-state index < -0.39 is 0 Å². The van der Waals surface area contributed by atoms with Crippen molar-refractivity contribution in [2.24, 2.45) is 4.99 Å². The van der Waals surface area contributed by atoms with Crippen molar-refractivity contribution in [1.82, 2.24) is 5.32 Å². The van der Waals surface area contributed by atoms with Gasteiger partial charge < -0.3 is 10.4 Å². The van der Waals surface area contributed by atoms with E-state index in [2.05, 4.69) is 17.2 Å². The molecule has 80 valence electrons. The summed E-state index contributed by atoms with van der Waals surface area (Å²) in [4.78, 5) is 4.34. The summed E-state index contributed by atoms with van der Waals surface area (Å²) in [7, 11) is 0. The molecular weight excluding hydrogens is 188 g/mol. The Morgan fingerprint density at radius 2 is 2.27 bits per heavy atom. The van der Waals surface area contributed by atoms with Gasteiger partial charge in [-0.2, -0.15) is 0 Å². The van der Waals surface area contributed by atoms with Crippen LogP contribution in [-0.4, -0.2) is 17.5 Å². The standard InChI is InChI=1S/C12H16N2O/c1-3-10-12(14-7-13-10)9-6-8(2)4-5-11(9)15/h4-7,10,12,15H,3H2,1-2H3,(H,13,14). The van der Waals surface area contributed by atoms with Crippen molar-refractivity contribution in [3.63, 3.8) is 0 Å². The van der Waals surface area contributed by atoms with Crippen LogP contribution in [0.5, 0.6) is 5.75 Å². The van der Waals surface area contributed by atoms with Crippen LogP contribution >= 0.6 is 0 Å². The molecule has 0 saturated heterocycles. The second-order valence-electron chi connectivity index (χ2n) is 3.96. The fourth-order valence-corrected chi connectivity index (χ4v) is 1.98. The van der Waals surface area contributed by atoms with E-state index in [1.165, 1.54) is 0 Å². The zero-order chi connectivity index (χ0) is 10.8. The van der Waals surface area contributed by atoms with Crippen molar-refractivity contribution >= 4 is 6.34 Å². The first kappa shape index (κ1) is 10.0. The molecule has 2 unspecified atom stereocenters. The molecule has 0 saturated carbocycles. The minimum Gasteiger partial charge on any atom is -0.508 e. The van der Waals surface area contributed by atoms with Crippen LogP contribution < -0.4 is 5.32 Å². The van der Waals surface area contributed by atoms with Crippen LogP contribution in [0.1, 0.15) is 30.5 Å². The summed E-state index contributed by atoms with van der Waals surface area (Å²) in [5.74, 6) is 0.349. The zero-order valence-corrected chi connectivity index (χ0v) is 9.07. The second-order valence-corrected chi connectivity index (χ2v) is 3.96. The van der Waals surface area contributed by atoms with Gasteiger partial charge in [-0.25, -0.2) is 0 Å². The largest absolute Gasteiger partial charge is 0.508 e. The van der Waals surface area contributed by atoms with Gasteiger partial charge in [0.25, 0.3) is 0 Å². The molecule has 1 aromatic rings. The van der Waals surface area contributed by atoms with Crippen molar-refractivity contribution in [1.29, 1.82) is 0 Å². The van der Waals surface area contributed by atoms with E-state index >= 15 is 0 Å². The number of aromatic hydroxyl groups is 1. The first-order chi connectivity index (χ1) is 7.22. The highest BCUT2D eigenvalue weighted by molar-refractivity contribution is 5.60. The third-order valence-corrected chi connectivity index (χ3v) is 2.84. The summed E-state index contributed by atoms with van der Waals surface area (Å²) < 4.78 is 0. The van der Waals surface area contributed by atoms with Gasteiger partial charge in [0.05, 0.1) is 18.4 Å². The van der Waals surface area contributed by atoms with Gasteiger partial charge in [-0.05, 0) is 19.4 Å². The minimum atomic E-state index is 0.120. The van der Waals surface area contributed by atoms with E-state index in [9.17, 15) is 5.11 Å². The van der Waals surface area contributed by atoms with Crippen molar-refractivity contribution in [3.8, 4) is 5.75 Å². The lowest BCUT2D eigenvalue weighted by Crippen LogP contribution is -2.22. The molecule has 3 heteroatoms. The van der Waals surface area contributed by atoms with Gasteiger partial charge in [-0.1, -0.05) is 24.6 Å². The Morgan fingerprint density at radius 3 is 3.00 bits per heavy atom. The fourth-order valence-electron chi connectivity index (χ4n) is 1.98. The Labute approximate surface area is 89.9 Å². The van der Waals surface area contributed by atoms with Crippen LogP contribution in [0, 0.1) is 6.92 Å². The summed E-state index contributed by atoms with van der Waals surface area (Å²) in [6.07, 6.45) is 2.71. The van der Waals surface area contributed by atoms with Gasteiger partial charge in [0.1, 0.15) is 5.75 Å². The third kappa shape index (κ3) is 1.82. The number of aliphatic imine (C=N–C) groups is 1. The van der Waals surface area contributed by atoms with Crippen LogP contribution in [0.15, 0.2) is 23.2 Å². The number of phenolic OH excluding ortho intramolecular Hbond substituents is 1. The van der Waals surface area contributed by atoms with Crippen LogP contribution in [-0.2, 0) is 0 Å². The number of hydrogen-bond donors (Lipinski definition) is 2. The molecule has 0 aliphatic carbocycles. The minimum absolute atomic E-state index is 0.120. The van der Waals surface area contributed by atoms with E-state index in [1.807, 2.05) is 19.1 Å². The molecule has 1 aliphatic rings. The van der Waals surface area contributed by atoms with Gasteiger partial charge in [0, 0.05) is 5.56 Å². The summed E-state index contributed by atoms with van der Waals surface area (Å²) in [5.41, 5.74) is 2.10. The SMILES string of the molecule is CCC1N=CNC1c1cc(C)ccc1O. The average Bonchev–Trinajstić information content (AvgIpc) is 2.69. The molecule has 15 heavy (non-hydrogen) atoms. The van der Waals surface area contributed by atoms with E-state index in [4.69, 9.17) is 0 Å². The number of nitrogens with one attached hydrogen (secondary N) is 1. The Morgan fingerprint density at radius 1 is 1.47 bits per heavy atom. The quantitative estimate of drug-likeness (QED) is 0.775. The Kier molecular flexibility index (Phi) is 2.62. The lowest BCUT2D eigenvalue weighted by molar-refractivity contribution is 0.445. The topological polar surface area (TPSA) is 44.6 Å². The van der Waals surface area contributed by atoms with Gasteiger partial charge in [0.2, 0.25) is 0 Å². The maximum atomic E-state index is 9.81. The van der Waals surface area contributed by atoms with Gasteiger partial charge in [0.15, 0.2) is 0 Å². The maximum absolute atomic E-state index is 9.81. The number of phenols is 1. The molecule has 1 heterocycles. The predicted octanol–water partition coefficient (Wildman–Crippen LogP) is 2.15. The number of hydrogen-bond acceptors (Lipinski definition) is 3. The molecule has 1 aromatic carbocycles.